The molecule has 1 aliphatic rings. The van der Waals surface area contributed by atoms with Crippen LogP contribution in [0.15, 0.2) is 23.3 Å². The maximum absolute atomic E-state index is 5.79. The zero-order valence-corrected chi connectivity index (χ0v) is 13.9. The molecule has 0 spiro atoms. The van der Waals surface area contributed by atoms with Crippen molar-refractivity contribution in [3.05, 3.63) is 29.0 Å². The van der Waals surface area contributed by atoms with Crippen LogP contribution < -0.4 is 11.1 Å². The standard InChI is InChI=1S/C13H19ClN4.HI/c14-12-5-4-11(8-17-12)6-7-16-13(15)18-9-10-2-1-3-10;/h4-5,8,10H,1-3,6-7,9H2,(H3,15,16,18);1H. The molecule has 6 heteroatoms. The molecule has 1 saturated carbocycles. The van der Waals surface area contributed by atoms with Gasteiger partial charge in [0.1, 0.15) is 5.15 Å². The Bertz CT molecular complexity index is 404. The van der Waals surface area contributed by atoms with E-state index in [1.165, 1.54) is 19.3 Å². The summed E-state index contributed by atoms with van der Waals surface area (Å²) in [5.41, 5.74) is 6.93. The van der Waals surface area contributed by atoms with Crippen molar-refractivity contribution < 1.29 is 0 Å². The molecule has 0 aliphatic heterocycles. The first kappa shape index (κ1) is 16.5. The maximum Gasteiger partial charge on any atom is 0.188 e. The number of aromatic nitrogens is 1. The lowest BCUT2D eigenvalue weighted by molar-refractivity contribution is 0.326. The van der Waals surface area contributed by atoms with Crippen LogP contribution in [0.2, 0.25) is 5.15 Å². The lowest BCUT2D eigenvalue weighted by Gasteiger charge is -2.23. The van der Waals surface area contributed by atoms with Crippen LogP contribution in [0.1, 0.15) is 24.8 Å². The predicted molar refractivity (Wildman–Crippen MR) is 90.2 cm³/mol. The Hall–Kier alpha value is -0.560. The number of halogens is 2. The van der Waals surface area contributed by atoms with Crippen LogP contribution in [-0.2, 0) is 6.42 Å². The molecule has 1 fully saturated rings. The van der Waals surface area contributed by atoms with Crippen molar-refractivity contribution in [2.45, 2.75) is 25.7 Å². The molecule has 1 heterocycles. The summed E-state index contributed by atoms with van der Waals surface area (Å²) >= 11 is 5.72. The molecule has 19 heavy (non-hydrogen) atoms. The van der Waals surface area contributed by atoms with Crippen LogP contribution in [0, 0.1) is 5.92 Å². The van der Waals surface area contributed by atoms with Gasteiger partial charge in [-0.1, -0.05) is 24.1 Å². The molecule has 0 radical (unpaired) electrons. The molecule has 4 nitrogen and oxygen atoms in total. The third-order valence-corrected chi connectivity index (χ3v) is 3.48. The molecule has 1 aliphatic carbocycles. The first-order chi connectivity index (χ1) is 8.74. The second-order valence-corrected chi connectivity index (χ2v) is 5.08. The number of hydrogen-bond acceptors (Lipinski definition) is 2. The van der Waals surface area contributed by atoms with Gasteiger partial charge in [-0.15, -0.1) is 24.0 Å². The number of rotatable bonds is 5. The molecule has 106 valence electrons. The molecular weight excluding hydrogens is 375 g/mol. The van der Waals surface area contributed by atoms with E-state index < -0.39 is 0 Å². The van der Waals surface area contributed by atoms with Gasteiger partial charge in [-0.3, -0.25) is 4.99 Å². The summed E-state index contributed by atoms with van der Waals surface area (Å²) in [6.45, 7) is 1.63. The first-order valence-corrected chi connectivity index (χ1v) is 6.76. The van der Waals surface area contributed by atoms with Gasteiger partial charge >= 0.3 is 0 Å². The number of guanidine groups is 1. The highest BCUT2D eigenvalue weighted by molar-refractivity contribution is 14.0. The number of nitrogens with zero attached hydrogens (tertiary/aromatic N) is 2. The average Bonchev–Trinajstić information content (AvgIpc) is 2.30. The van der Waals surface area contributed by atoms with Crippen molar-refractivity contribution in [1.82, 2.24) is 10.3 Å². The molecule has 1 aromatic heterocycles. The maximum atomic E-state index is 5.79. The fourth-order valence-electron chi connectivity index (χ4n) is 1.85. The van der Waals surface area contributed by atoms with Crippen molar-refractivity contribution in [3.8, 4) is 0 Å². The molecule has 2 rings (SSSR count). The van der Waals surface area contributed by atoms with Gasteiger partial charge in [-0.2, -0.15) is 0 Å². The highest BCUT2D eigenvalue weighted by Crippen LogP contribution is 2.26. The Morgan fingerprint density at radius 2 is 2.26 bits per heavy atom. The highest BCUT2D eigenvalue weighted by atomic mass is 127. The largest absolute Gasteiger partial charge is 0.370 e. The van der Waals surface area contributed by atoms with E-state index in [0.717, 1.165) is 31.0 Å². The number of pyridine rings is 1. The third-order valence-electron chi connectivity index (χ3n) is 3.25. The van der Waals surface area contributed by atoms with Gasteiger partial charge in [0.15, 0.2) is 5.96 Å². The average molecular weight is 395 g/mol. The highest BCUT2D eigenvalue weighted by Gasteiger charge is 2.16. The molecule has 0 amide bonds. The predicted octanol–water partition coefficient (Wildman–Crippen LogP) is 2.60. The van der Waals surface area contributed by atoms with E-state index in [9.17, 15) is 0 Å². The molecule has 0 aromatic carbocycles. The van der Waals surface area contributed by atoms with Gasteiger partial charge in [-0.25, -0.2) is 4.98 Å². The second-order valence-electron chi connectivity index (χ2n) is 4.69. The van der Waals surface area contributed by atoms with Crippen LogP contribution in [0.4, 0.5) is 0 Å². The van der Waals surface area contributed by atoms with Gasteiger partial charge < -0.3 is 11.1 Å². The normalized spacial score (nSPS) is 15.5. The lowest BCUT2D eigenvalue weighted by atomic mass is 9.86. The number of nitrogens with two attached hydrogens (primary N) is 1. The zero-order chi connectivity index (χ0) is 12.8. The Labute approximate surface area is 136 Å². The van der Waals surface area contributed by atoms with E-state index >= 15 is 0 Å². The molecule has 1 aromatic rings. The Morgan fingerprint density at radius 1 is 1.47 bits per heavy atom. The molecule has 0 unspecified atom stereocenters. The van der Waals surface area contributed by atoms with Crippen LogP contribution >= 0.6 is 35.6 Å². The minimum absolute atomic E-state index is 0. The Kier molecular flexibility index (Phi) is 7.45. The van der Waals surface area contributed by atoms with Crippen LogP contribution in [0.25, 0.3) is 0 Å². The SMILES string of the molecule is I.NC(=NCC1CCC1)NCCc1ccc(Cl)nc1. The summed E-state index contributed by atoms with van der Waals surface area (Å²) < 4.78 is 0. The summed E-state index contributed by atoms with van der Waals surface area (Å²) in [5.74, 6) is 1.30. The number of hydrogen-bond donors (Lipinski definition) is 2. The Balaban J connectivity index is 0.00000180. The smallest absolute Gasteiger partial charge is 0.188 e. The van der Waals surface area contributed by atoms with E-state index in [-0.39, 0.29) is 24.0 Å². The van der Waals surface area contributed by atoms with Crippen molar-refractivity contribution in [3.63, 3.8) is 0 Å². The number of aliphatic imine (C=N–C) groups is 1. The zero-order valence-electron chi connectivity index (χ0n) is 10.8. The summed E-state index contributed by atoms with van der Waals surface area (Å²) in [5, 5.41) is 3.64. The van der Waals surface area contributed by atoms with E-state index in [4.69, 9.17) is 17.3 Å². The van der Waals surface area contributed by atoms with Crippen molar-refractivity contribution in [2.24, 2.45) is 16.6 Å². The van der Waals surface area contributed by atoms with Gasteiger partial charge in [-0.05, 0) is 36.8 Å². The van der Waals surface area contributed by atoms with E-state index in [1.807, 2.05) is 6.07 Å². The minimum atomic E-state index is 0. The first-order valence-electron chi connectivity index (χ1n) is 6.38. The topological polar surface area (TPSA) is 63.3 Å². The van der Waals surface area contributed by atoms with Crippen LogP contribution in [0.3, 0.4) is 0 Å². The van der Waals surface area contributed by atoms with Gasteiger partial charge in [0.05, 0.1) is 0 Å². The molecular formula is C13H20ClIN4. The van der Waals surface area contributed by atoms with E-state index in [1.54, 1.807) is 12.3 Å². The van der Waals surface area contributed by atoms with Crippen molar-refractivity contribution >= 4 is 41.5 Å². The minimum Gasteiger partial charge on any atom is -0.370 e. The monoisotopic (exact) mass is 394 g/mol. The lowest BCUT2D eigenvalue weighted by Crippen LogP contribution is -2.34. The van der Waals surface area contributed by atoms with Gasteiger partial charge in [0, 0.05) is 19.3 Å². The summed E-state index contributed by atoms with van der Waals surface area (Å²) in [6, 6.07) is 3.77. The Morgan fingerprint density at radius 3 is 2.84 bits per heavy atom. The fourth-order valence-corrected chi connectivity index (χ4v) is 1.96. The van der Waals surface area contributed by atoms with Crippen LogP contribution in [-0.4, -0.2) is 24.0 Å². The van der Waals surface area contributed by atoms with Crippen LogP contribution in [0.5, 0.6) is 0 Å². The van der Waals surface area contributed by atoms with Gasteiger partial charge in [0.25, 0.3) is 0 Å². The summed E-state index contributed by atoms with van der Waals surface area (Å²) in [7, 11) is 0. The van der Waals surface area contributed by atoms with Gasteiger partial charge in [0.2, 0.25) is 0 Å². The van der Waals surface area contributed by atoms with E-state index in [2.05, 4.69) is 15.3 Å². The molecule has 0 saturated heterocycles. The summed E-state index contributed by atoms with van der Waals surface area (Å²) in [6.07, 6.45) is 6.59. The number of nitrogens with one attached hydrogen (secondary N) is 1. The molecule has 0 bridgehead atoms. The van der Waals surface area contributed by atoms with E-state index in [0.29, 0.717) is 11.1 Å². The fraction of sp³-hybridized carbons (Fsp3) is 0.538. The van der Waals surface area contributed by atoms with Crippen molar-refractivity contribution in [1.29, 1.82) is 0 Å². The quantitative estimate of drug-likeness (QED) is 0.349. The molecule has 3 N–H and O–H groups in total. The third kappa shape index (κ3) is 5.95. The second kappa shape index (κ2) is 8.58. The van der Waals surface area contributed by atoms with Crippen molar-refractivity contribution in [2.75, 3.05) is 13.1 Å². The molecule has 0 atom stereocenters. The summed E-state index contributed by atoms with van der Waals surface area (Å²) in [4.78, 5) is 8.37.